The number of nitrogens with one attached hydrogen (secondary N) is 2. The van der Waals surface area contributed by atoms with Crippen LogP contribution in [0.3, 0.4) is 0 Å². The minimum Gasteiger partial charge on any atom is -0.356 e. The van der Waals surface area contributed by atoms with Crippen molar-refractivity contribution in [3.8, 4) is 0 Å². The van der Waals surface area contributed by atoms with E-state index < -0.39 is 12.1 Å². The number of hydrogen-bond donors (Lipinski definition) is 2. The standard InChI is InChI=1S/C22H22N4O3/c27-19-15-29-21(20(25-19)17-9-5-2-6-10-17)22(28)24-13-18-23-11-12-26(18)14-16-7-3-1-4-8-16/h1-12,20-21H,13-15H2,(H,24,28)(H,25,27)/t20-,21+/m1/s1. The van der Waals surface area contributed by atoms with Gasteiger partial charge >= 0.3 is 0 Å². The number of benzene rings is 2. The number of amides is 2. The summed E-state index contributed by atoms with van der Waals surface area (Å²) < 4.78 is 7.56. The van der Waals surface area contributed by atoms with E-state index in [0.29, 0.717) is 6.54 Å². The number of hydrogen-bond acceptors (Lipinski definition) is 4. The van der Waals surface area contributed by atoms with Crippen molar-refractivity contribution in [2.45, 2.75) is 25.2 Å². The van der Waals surface area contributed by atoms with E-state index in [1.54, 1.807) is 6.20 Å². The molecule has 29 heavy (non-hydrogen) atoms. The minimum absolute atomic E-state index is 0.135. The molecule has 0 radical (unpaired) electrons. The van der Waals surface area contributed by atoms with Gasteiger partial charge in [-0.3, -0.25) is 9.59 Å². The van der Waals surface area contributed by atoms with Crippen molar-refractivity contribution in [1.82, 2.24) is 20.2 Å². The van der Waals surface area contributed by atoms with Gasteiger partial charge in [-0.2, -0.15) is 0 Å². The van der Waals surface area contributed by atoms with Crippen molar-refractivity contribution in [1.29, 1.82) is 0 Å². The molecule has 0 unspecified atom stereocenters. The molecule has 1 aliphatic heterocycles. The van der Waals surface area contributed by atoms with Crippen molar-refractivity contribution < 1.29 is 14.3 Å². The first-order valence-corrected chi connectivity index (χ1v) is 9.48. The fourth-order valence-corrected chi connectivity index (χ4v) is 3.40. The van der Waals surface area contributed by atoms with E-state index in [0.717, 1.165) is 17.0 Å². The quantitative estimate of drug-likeness (QED) is 0.672. The van der Waals surface area contributed by atoms with Gasteiger partial charge in [-0.1, -0.05) is 60.7 Å². The maximum atomic E-state index is 12.8. The molecular weight excluding hydrogens is 368 g/mol. The second-order valence-electron chi connectivity index (χ2n) is 6.86. The molecule has 2 amide bonds. The number of rotatable bonds is 6. The third-order valence-electron chi connectivity index (χ3n) is 4.85. The highest BCUT2D eigenvalue weighted by Crippen LogP contribution is 2.22. The van der Waals surface area contributed by atoms with Crippen LogP contribution in [0.5, 0.6) is 0 Å². The van der Waals surface area contributed by atoms with Gasteiger partial charge in [0.1, 0.15) is 12.4 Å². The first kappa shape index (κ1) is 18.9. The van der Waals surface area contributed by atoms with Crippen LogP contribution in [0.15, 0.2) is 73.1 Å². The highest BCUT2D eigenvalue weighted by atomic mass is 16.5. The average Bonchev–Trinajstić information content (AvgIpc) is 3.20. The van der Waals surface area contributed by atoms with Crippen molar-refractivity contribution in [2.24, 2.45) is 0 Å². The highest BCUT2D eigenvalue weighted by molar-refractivity contribution is 5.86. The molecule has 0 bridgehead atoms. The van der Waals surface area contributed by atoms with Crippen LogP contribution in [0, 0.1) is 0 Å². The summed E-state index contributed by atoms with van der Waals surface area (Å²) in [6.07, 6.45) is 2.81. The monoisotopic (exact) mass is 390 g/mol. The van der Waals surface area contributed by atoms with E-state index in [1.807, 2.05) is 71.4 Å². The lowest BCUT2D eigenvalue weighted by atomic mass is 9.99. The Balaban J connectivity index is 1.43. The summed E-state index contributed by atoms with van der Waals surface area (Å²) in [4.78, 5) is 29.0. The molecule has 0 spiro atoms. The molecule has 0 saturated carbocycles. The summed E-state index contributed by atoms with van der Waals surface area (Å²) in [5.74, 6) is 0.229. The van der Waals surface area contributed by atoms with E-state index in [1.165, 1.54) is 0 Å². The van der Waals surface area contributed by atoms with E-state index in [9.17, 15) is 9.59 Å². The lowest BCUT2D eigenvalue weighted by Gasteiger charge is -2.31. The predicted octanol–water partition coefficient (Wildman–Crippen LogP) is 1.80. The second kappa shape index (κ2) is 8.70. The van der Waals surface area contributed by atoms with Crippen molar-refractivity contribution in [2.75, 3.05) is 6.61 Å². The van der Waals surface area contributed by atoms with Crippen molar-refractivity contribution in [3.63, 3.8) is 0 Å². The van der Waals surface area contributed by atoms with Crippen LogP contribution in [-0.4, -0.2) is 34.1 Å². The number of nitrogens with zero attached hydrogens (tertiary/aromatic N) is 2. The Hall–Kier alpha value is -3.45. The topological polar surface area (TPSA) is 85.2 Å². The van der Waals surface area contributed by atoms with Crippen LogP contribution in [0.2, 0.25) is 0 Å². The molecule has 1 fully saturated rings. The fraction of sp³-hybridized carbons (Fsp3) is 0.227. The Morgan fingerprint density at radius 3 is 2.62 bits per heavy atom. The zero-order valence-electron chi connectivity index (χ0n) is 15.8. The zero-order chi connectivity index (χ0) is 20.1. The predicted molar refractivity (Wildman–Crippen MR) is 107 cm³/mol. The van der Waals surface area contributed by atoms with Gasteiger partial charge in [0.05, 0.1) is 12.6 Å². The Labute approximate surface area is 168 Å². The maximum Gasteiger partial charge on any atom is 0.252 e. The molecular formula is C22H22N4O3. The van der Waals surface area contributed by atoms with Gasteiger partial charge in [0.15, 0.2) is 6.10 Å². The summed E-state index contributed by atoms with van der Waals surface area (Å²) >= 11 is 0. The molecule has 7 heteroatoms. The van der Waals surface area contributed by atoms with Crippen molar-refractivity contribution in [3.05, 3.63) is 90.0 Å². The smallest absolute Gasteiger partial charge is 0.252 e. The molecule has 2 N–H and O–H groups in total. The first-order valence-electron chi connectivity index (χ1n) is 9.48. The normalized spacial score (nSPS) is 18.8. The Morgan fingerprint density at radius 2 is 1.86 bits per heavy atom. The van der Waals surface area contributed by atoms with Gasteiger partial charge in [-0.15, -0.1) is 0 Å². The SMILES string of the molecule is O=C1CO[C@H](C(=O)NCc2nccn2Cc2ccccc2)[C@@H](c2ccccc2)N1. The van der Waals surface area contributed by atoms with E-state index in [4.69, 9.17) is 4.74 Å². The molecule has 7 nitrogen and oxygen atoms in total. The summed E-state index contributed by atoms with van der Waals surface area (Å²) in [5, 5.41) is 5.75. The number of imidazole rings is 1. The number of ether oxygens (including phenoxy) is 1. The summed E-state index contributed by atoms with van der Waals surface area (Å²) in [7, 11) is 0. The first-order chi connectivity index (χ1) is 14.2. The van der Waals surface area contributed by atoms with Crippen LogP contribution in [0.25, 0.3) is 0 Å². The Morgan fingerprint density at radius 1 is 1.14 bits per heavy atom. The van der Waals surface area contributed by atoms with Crippen LogP contribution in [0.1, 0.15) is 23.0 Å². The molecule has 1 saturated heterocycles. The molecule has 4 rings (SSSR count). The number of carbonyl (C=O) groups excluding carboxylic acids is 2. The number of carbonyl (C=O) groups is 2. The molecule has 2 aromatic carbocycles. The minimum atomic E-state index is -0.798. The van der Waals surface area contributed by atoms with E-state index >= 15 is 0 Å². The van der Waals surface area contributed by atoms with Crippen LogP contribution < -0.4 is 10.6 Å². The van der Waals surface area contributed by atoms with Gasteiger partial charge < -0.3 is 19.9 Å². The summed E-state index contributed by atoms with van der Waals surface area (Å²) in [6, 6.07) is 18.9. The molecule has 1 aliphatic rings. The molecule has 148 valence electrons. The van der Waals surface area contributed by atoms with Crippen LogP contribution in [0.4, 0.5) is 0 Å². The van der Waals surface area contributed by atoms with Gasteiger partial charge in [0, 0.05) is 18.9 Å². The lowest BCUT2D eigenvalue weighted by molar-refractivity contribution is -0.148. The number of aromatic nitrogens is 2. The molecule has 2 atom stereocenters. The van der Waals surface area contributed by atoms with Crippen LogP contribution in [-0.2, 0) is 27.4 Å². The lowest BCUT2D eigenvalue weighted by Crippen LogP contribution is -2.52. The molecule has 3 aromatic rings. The third-order valence-corrected chi connectivity index (χ3v) is 4.85. The molecule has 0 aliphatic carbocycles. The average molecular weight is 390 g/mol. The molecule has 1 aromatic heterocycles. The highest BCUT2D eigenvalue weighted by Gasteiger charge is 2.35. The van der Waals surface area contributed by atoms with Gasteiger partial charge in [0.2, 0.25) is 5.91 Å². The zero-order valence-corrected chi connectivity index (χ0v) is 15.8. The van der Waals surface area contributed by atoms with Gasteiger partial charge in [0.25, 0.3) is 5.91 Å². The van der Waals surface area contributed by atoms with Gasteiger partial charge in [-0.25, -0.2) is 4.98 Å². The fourth-order valence-electron chi connectivity index (χ4n) is 3.40. The Bertz CT molecular complexity index is 972. The van der Waals surface area contributed by atoms with Crippen LogP contribution >= 0.6 is 0 Å². The summed E-state index contributed by atoms with van der Waals surface area (Å²) in [6.45, 7) is 0.812. The Kier molecular flexibility index (Phi) is 5.67. The number of morpholine rings is 1. The van der Waals surface area contributed by atoms with E-state index in [2.05, 4.69) is 15.6 Å². The second-order valence-corrected chi connectivity index (χ2v) is 6.86. The van der Waals surface area contributed by atoms with E-state index in [-0.39, 0.29) is 25.0 Å². The molecule has 2 heterocycles. The summed E-state index contributed by atoms with van der Waals surface area (Å²) in [5.41, 5.74) is 1.98. The maximum absolute atomic E-state index is 12.8. The van der Waals surface area contributed by atoms with Gasteiger partial charge in [-0.05, 0) is 11.1 Å². The van der Waals surface area contributed by atoms with Crippen molar-refractivity contribution >= 4 is 11.8 Å². The largest absolute Gasteiger partial charge is 0.356 e. The third kappa shape index (κ3) is 4.52.